The molecule has 13 heavy (non-hydrogen) atoms. The predicted molar refractivity (Wildman–Crippen MR) is 54.6 cm³/mol. The quantitative estimate of drug-likeness (QED) is 0.393. The van der Waals surface area contributed by atoms with E-state index in [1.807, 2.05) is 31.2 Å². The average molecular weight is 176 g/mol. The second-order valence-corrected chi connectivity index (χ2v) is 2.63. The Bertz CT molecular complexity index is 337. The van der Waals surface area contributed by atoms with Gasteiger partial charge in [0.15, 0.2) is 0 Å². The molecule has 0 bridgehead atoms. The number of nitrogens with two attached hydrogens (primary N) is 2. The van der Waals surface area contributed by atoms with Gasteiger partial charge < -0.3 is 11.5 Å². The molecular weight excluding hydrogens is 164 g/mol. The van der Waals surface area contributed by atoms with Crippen LogP contribution >= 0.6 is 0 Å². The fourth-order valence-electron chi connectivity index (χ4n) is 0.889. The summed E-state index contributed by atoms with van der Waals surface area (Å²) < 4.78 is 0. The molecule has 0 fully saturated rings. The van der Waals surface area contributed by atoms with E-state index in [0.717, 1.165) is 11.1 Å². The van der Waals surface area contributed by atoms with E-state index >= 15 is 0 Å². The second-order valence-electron chi connectivity index (χ2n) is 2.63. The Morgan fingerprint density at radius 1 is 1.31 bits per heavy atom. The zero-order valence-electron chi connectivity index (χ0n) is 7.44. The van der Waals surface area contributed by atoms with Crippen molar-refractivity contribution in [3.63, 3.8) is 0 Å². The minimum Gasteiger partial charge on any atom is -0.369 e. The van der Waals surface area contributed by atoms with Crippen LogP contribution in [0.25, 0.3) is 0 Å². The second kappa shape index (κ2) is 4.25. The molecule has 1 rings (SSSR count). The van der Waals surface area contributed by atoms with Crippen LogP contribution in [0.1, 0.15) is 11.1 Å². The zero-order valence-corrected chi connectivity index (χ0v) is 7.44. The summed E-state index contributed by atoms with van der Waals surface area (Å²) in [6, 6.07) is 7.84. The van der Waals surface area contributed by atoms with Gasteiger partial charge in [0.2, 0.25) is 5.96 Å². The van der Waals surface area contributed by atoms with Crippen molar-refractivity contribution >= 4 is 12.2 Å². The maximum absolute atomic E-state index is 5.11. The third-order valence-electron chi connectivity index (χ3n) is 1.56. The monoisotopic (exact) mass is 176 g/mol. The Morgan fingerprint density at radius 3 is 2.62 bits per heavy atom. The Balaban J connectivity index is 2.80. The molecule has 1 aromatic rings. The molecule has 0 aliphatic heterocycles. The van der Waals surface area contributed by atoms with Crippen molar-refractivity contribution in [2.24, 2.45) is 21.7 Å². The van der Waals surface area contributed by atoms with Crippen molar-refractivity contribution < 1.29 is 0 Å². The van der Waals surface area contributed by atoms with Gasteiger partial charge in [0, 0.05) is 0 Å². The number of aryl methyl sites for hydroxylation is 1. The number of hydrogen-bond acceptors (Lipinski definition) is 2. The van der Waals surface area contributed by atoms with Gasteiger partial charge in [-0.15, -0.1) is 5.10 Å². The first-order chi connectivity index (χ1) is 6.20. The number of benzene rings is 1. The van der Waals surface area contributed by atoms with Gasteiger partial charge in [0.25, 0.3) is 0 Å². The summed E-state index contributed by atoms with van der Waals surface area (Å²) in [7, 11) is 0. The minimum atomic E-state index is -0.0372. The van der Waals surface area contributed by atoms with Crippen molar-refractivity contribution in [1.82, 2.24) is 0 Å². The summed E-state index contributed by atoms with van der Waals surface area (Å²) in [4.78, 5) is 0. The normalized spacial score (nSPS) is 10.2. The molecule has 0 unspecified atom stereocenters. The highest BCUT2D eigenvalue weighted by molar-refractivity contribution is 5.82. The van der Waals surface area contributed by atoms with Gasteiger partial charge in [-0.3, -0.25) is 0 Å². The lowest BCUT2D eigenvalue weighted by Crippen LogP contribution is -2.21. The van der Waals surface area contributed by atoms with Crippen molar-refractivity contribution in [3.8, 4) is 0 Å². The molecule has 0 amide bonds. The van der Waals surface area contributed by atoms with Gasteiger partial charge in [0.05, 0.1) is 6.21 Å². The van der Waals surface area contributed by atoms with E-state index in [9.17, 15) is 0 Å². The van der Waals surface area contributed by atoms with Gasteiger partial charge in [-0.2, -0.15) is 5.10 Å². The average Bonchev–Trinajstić information content (AvgIpc) is 2.08. The highest BCUT2D eigenvalue weighted by atomic mass is 15.3. The van der Waals surface area contributed by atoms with Gasteiger partial charge >= 0.3 is 0 Å². The maximum Gasteiger partial charge on any atom is 0.211 e. The van der Waals surface area contributed by atoms with Crippen molar-refractivity contribution in [1.29, 1.82) is 0 Å². The van der Waals surface area contributed by atoms with Crippen molar-refractivity contribution in [3.05, 3.63) is 35.4 Å². The third-order valence-corrected chi connectivity index (χ3v) is 1.56. The smallest absolute Gasteiger partial charge is 0.211 e. The van der Waals surface area contributed by atoms with Gasteiger partial charge in [-0.1, -0.05) is 24.3 Å². The van der Waals surface area contributed by atoms with E-state index in [4.69, 9.17) is 11.5 Å². The predicted octanol–water partition coefficient (Wildman–Crippen LogP) is 0.602. The molecule has 4 nitrogen and oxygen atoms in total. The van der Waals surface area contributed by atoms with Crippen LogP contribution in [0.2, 0.25) is 0 Å². The molecular formula is C9H12N4. The first-order valence-electron chi connectivity index (χ1n) is 3.88. The van der Waals surface area contributed by atoms with E-state index in [0.29, 0.717) is 0 Å². The molecule has 4 N–H and O–H groups in total. The highest BCUT2D eigenvalue weighted by Crippen LogP contribution is 2.03. The topological polar surface area (TPSA) is 76.8 Å². The number of rotatable bonds is 2. The molecule has 0 spiro atoms. The molecule has 0 saturated heterocycles. The molecule has 68 valence electrons. The van der Waals surface area contributed by atoms with Gasteiger partial charge in [0.1, 0.15) is 0 Å². The van der Waals surface area contributed by atoms with Crippen LogP contribution in [0.3, 0.4) is 0 Å². The zero-order chi connectivity index (χ0) is 9.68. The Hall–Kier alpha value is -1.84. The molecule has 0 atom stereocenters. The van der Waals surface area contributed by atoms with Crippen molar-refractivity contribution in [2.45, 2.75) is 6.92 Å². The van der Waals surface area contributed by atoms with Gasteiger partial charge in [-0.05, 0) is 18.1 Å². The standard InChI is InChI=1S/C9H12N4/c1-7-4-2-3-5-8(7)6-12-13-9(10)11/h2-6H,1H3,(H4,10,11,13). The summed E-state index contributed by atoms with van der Waals surface area (Å²) in [6.07, 6.45) is 1.62. The van der Waals surface area contributed by atoms with Crippen LogP contribution < -0.4 is 11.5 Å². The lowest BCUT2D eigenvalue weighted by molar-refractivity contribution is 1.21. The lowest BCUT2D eigenvalue weighted by Gasteiger charge is -1.95. The van der Waals surface area contributed by atoms with Crippen LogP contribution in [0.4, 0.5) is 0 Å². The summed E-state index contributed by atoms with van der Waals surface area (Å²) in [5, 5.41) is 7.22. The van der Waals surface area contributed by atoms with E-state index < -0.39 is 0 Å². The van der Waals surface area contributed by atoms with E-state index in [-0.39, 0.29) is 5.96 Å². The third kappa shape index (κ3) is 2.94. The molecule has 0 aliphatic carbocycles. The van der Waals surface area contributed by atoms with Gasteiger partial charge in [-0.25, -0.2) is 0 Å². The fraction of sp³-hybridized carbons (Fsp3) is 0.111. The summed E-state index contributed by atoms with van der Waals surface area (Å²) >= 11 is 0. The number of hydrogen-bond donors (Lipinski definition) is 2. The first-order valence-corrected chi connectivity index (χ1v) is 3.88. The largest absolute Gasteiger partial charge is 0.369 e. The van der Waals surface area contributed by atoms with Crippen LogP contribution in [-0.2, 0) is 0 Å². The number of nitrogens with zero attached hydrogens (tertiary/aromatic N) is 2. The van der Waals surface area contributed by atoms with E-state index in [1.54, 1.807) is 6.21 Å². The summed E-state index contributed by atoms with van der Waals surface area (Å²) in [5.41, 5.74) is 12.4. The van der Waals surface area contributed by atoms with Crippen LogP contribution in [0.5, 0.6) is 0 Å². The molecule has 4 heteroatoms. The fourth-order valence-corrected chi connectivity index (χ4v) is 0.889. The molecule has 0 heterocycles. The number of guanidine groups is 1. The maximum atomic E-state index is 5.11. The minimum absolute atomic E-state index is 0.0372. The Morgan fingerprint density at radius 2 is 2.00 bits per heavy atom. The molecule has 0 saturated carbocycles. The summed E-state index contributed by atoms with van der Waals surface area (Å²) in [6.45, 7) is 2.00. The highest BCUT2D eigenvalue weighted by Gasteiger charge is 1.90. The summed E-state index contributed by atoms with van der Waals surface area (Å²) in [5.74, 6) is -0.0372. The van der Waals surface area contributed by atoms with Crippen LogP contribution in [-0.4, -0.2) is 12.2 Å². The SMILES string of the molecule is Cc1ccccc1C=NN=C(N)N. The molecule has 0 aromatic heterocycles. The lowest BCUT2D eigenvalue weighted by atomic mass is 10.1. The Labute approximate surface area is 77.0 Å². The van der Waals surface area contributed by atoms with E-state index in [1.165, 1.54) is 0 Å². The molecule has 1 aromatic carbocycles. The first kappa shape index (κ1) is 9.25. The van der Waals surface area contributed by atoms with Crippen LogP contribution in [0.15, 0.2) is 34.5 Å². The van der Waals surface area contributed by atoms with E-state index in [2.05, 4.69) is 10.2 Å². The Kier molecular flexibility index (Phi) is 3.03. The van der Waals surface area contributed by atoms with Crippen molar-refractivity contribution in [2.75, 3.05) is 0 Å². The molecule has 0 radical (unpaired) electrons. The van der Waals surface area contributed by atoms with Crippen LogP contribution in [0, 0.1) is 6.92 Å². The molecule has 0 aliphatic rings.